The Morgan fingerprint density at radius 1 is 0.708 bits per heavy atom. The maximum absolute atomic E-state index is 11.8. The molecule has 0 fully saturated rings. The molecule has 3 aromatic carbocycles. The SMILES string of the molecule is OCCOc1ccccc1C(O)(c1ccccc1)c1ccccc1. The summed E-state index contributed by atoms with van der Waals surface area (Å²) in [7, 11) is 0. The van der Waals surface area contributed by atoms with Crippen LogP contribution in [0.3, 0.4) is 0 Å². The van der Waals surface area contributed by atoms with Gasteiger partial charge in [0.1, 0.15) is 18.0 Å². The van der Waals surface area contributed by atoms with E-state index < -0.39 is 5.60 Å². The summed E-state index contributed by atoms with van der Waals surface area (Å²) in [4.78, 5) is 0. The summed E-state index contributed by atoms with van der Waals surface area (Å²) in [5.74, 6) is 0.557. The molecule has 0 atom stereocenters. The molecule has 0 saturated carbocycles. The lowest BCUT2D eigenvalue weighted by molar-refractivity contribution is 0.118. The van der Waals surface area contributed by atoms with Gasteiger partial charge in [0.05, 0.1) is 6.61 Å². The number of rotatable bonds is 6. The fraction of sp³-hybridized carbons (Fsp3) is 0.143. The lowest BCUT2D eigenvalue weighted by Crippen LogP contribution is -2.29. The van der Waals surface area contributed by atoms with E-state index in [9.17, 15) is 5.11 Å². The third-order valence-corrected chi connectivity index (χ3v) is 4.01. The van der Waals surface area contributed by atoms with Crippen molar-refractivity contribution >= 4 is 0 Å². The third-order valence-electron chi connectivity index (χ3n) is 4.01. The molecular weight excluding hydrogens is 300 g/mol. The Morgan fingerprint density at radius 3 is 1.75 bits per heavy atom. The minimum Gasteiger partial charge on any atom is -0.491 e. The number of aliphatic hydroxyl groups is 2. The fourth-order valence-corrected chi connectivity index (χ4v) is 2.88. The summed E-state index contributed by atoms with van der Waals surface area (Å²) in [6.45, 7) is 0.0973. The maximum Gasteiger partial charge on any atom is 0.144 e. The second-order valence-electron chi connectivity index (χ2n) is 5.51. The lowest BCUT2D eigenvalue weighted by Gasteiger charge is -2.31. The van der Waals surface area contributed by atoms with Gasteiger partial charge < -0.3 is 14.9 Å². The molecule has 0 aliphatic heterocycles. The van der Waals surface area contributed by atoms with E-state index in [0.717, 1.165) is 11.1 Å². The Kier molecular flexibility index (Phi) is 4.94. The van der Waals surface area contributed by atoms with Gasteiger partial charge >= 0.3 is 0 Å². The largest absolute Gasteiger partial charge is 0.491 e. The van der Waals surface area contributed by atoms with Gasteiger partial charge in [0.15, 0.2) is 0 Å². The van der Waals surface area contributed by atoms with Crippen molar-refractivity contribution in [2.24, 2.45) is 0 Å². The molecule has 0 bridgehead atoms. The first-order valence-corrected chi connectivity index (χ1v) is 7.93. The van der Waals surface area contributed by atoms with Crippen LogP contribution in [0.15, 0.2) is 84.9 Å². The first kappa shape index (κ1) is 16.2. The van der Waals surface area contributed by atoms with Gasteiger partial charge in [-0.05, 0) is 17.2 Å². The van der Waals surface area contributed by atoms with Crippen molar-refractivity contribution in [1.29, 1.82) is 0 Å². The standard InChI is InChI=1S/C21H20O3/c22-15-16-24-20-14-8-7-13-19(20)21(23,17-9-3-1-4-10-17)18-11-5-2-6-12-18/h1-14,22-23H,15-16H2. The van der Waals surface area contributed by atoms with E-state index >= 15 is 0 Å². The molecule has 0 aliphatic rings. The van der Waals surface area contributed by atoms with Crippen molar-refractivity contribution in [2.75, 3.05) is 13.2 Å². The van der Waals surface area contributed by atoms with Crippen molar-refractivity contribution in [1.82, 2.24) is 0 Å². The van der Waals surface area contributed by atoms with Crippen LogP contribution in [0.2, 0.25) is 0 Å². The van der Waals surface area contributed by atoms with Crippen molar-refractivity contribution in [3.63, 3.8) is 0 Å². The molecule has 24 heavy (non-hydrogen) atoms. The lowest BCUT2D eigenvalue weighted by atomic mass is 9.80. The smallest absolute Gasteiger partial charge is 0.144 e. The van der Waals surface area contributed by atoms with Crippen LogP contribution in [0.1, 0.15) is 16.7 Å². The molecular formula is C21H20O3. The quantitative estimate of drug-likeness (QED) is 0.685. The van der Waals surface area contributed by atoms with Crippen LogP contribution < -0.4 is 4.74 Å². The van der Waals surface area contributed by atoms with Gasteiger partial charge in [-0.2, -0.15) is 0 Å². The van der Waals surface area contributed by atoms with Crippen LogP contribution in [0.5, 0.6) is 5.75 Å². The van der Waals surface area contributed by atoms with Gasteiger partial charge in [-0.1, -0.05) is 78.9 Å². The van der Waals surface area contributed by atoms with Gasteiger partial charge in [-0.15, -0.1) is 0 Å². The van der Waals surface area contributed by atoms with Gasteiger partial charge in [0.2, 0.25) is 0 Å². The number of para-hydroxylation sites is 1. The van der Waals surface area contributed by atoms with Crippen LogP contribution in [0, 0.1) is 0 Å². The van der Waals surface area contributed by atoms with Crippen molar-refractivity contribution in [3.8, 4) is 5.75 Å². The monoisotopic (exact) mass is 320 g/mol. The minimum atomic E-state index is -1.34. The van der Waals surface area contributed by atoms with E-state index in [-0.39, 0.29) is 13.2 Å². The maximum atomic E-state index is 11.8. The molecule has 0 saturated heterocycles. The minimum absolute atomic E-state index is 0.0799. The van der Waals surface area contributed by atoms with Crippen molar-refractivity contribution < 1.29 is 14.9 Å². The molecule has 0 radical (unpaired) electrons. The fourth-order valence-electron chi connectivity index (χ4n) is 2.88. The second kappa shape index (κ2) is 7.30. The summed E-state index contributed by atoms with van der Waals surface area (Å²) < 4.78 is 5.67. The topological polar surface area (TPSA) is 49.7 Å². The zero-order valence-electron chi connectivity index (χ0n) is 13.3. The first-order chi connectivity index (χ1) is 11.8. The zero-order valence-corrected chi connectivity index (χ0v) is 13.3. The van der Waals surface area contributed by atoms with Gasteiger partial charge in [0.25, 0.3) is 0 Å². The summed E-state index contributed by atoms with van der Waals surface area (Å²) in [5.41, 5.74) is 0.831. The van der Waals surface area contributed by atoms with E-state index in [0.29, 0.717) is 11.3 Å². The molecule has 3 aromatic rings. The molecule has 0 heterocycles. The summed E-state index contributed by atoms with van der Waals surface area (Å²) in [5, 5.41) is 20.8. The number of hydrogen-bond acceptors (Lipinski definition) is 3. The first-order valence-electron chi connectivity index (χ1n) is 7.93. The molecule has 0 spiro atoms. The average molecular weight is 320 g/mol. The van der Waals surface area contributed by atoms with Crippen LogP contribution >= 0.6 is 0 Å². The van der Waals surface area contributed by atoms with Gasteiger partial charge in [-0.3, -0.25) is 0 Å². The normalized spacial score (nSPS) is 11.2. The number of benzene rings is 3. The van der Waals surface area contributed by atoms with E-state index in [1.54, 1.807) is 0 Å². The van der Waals surface area contributed by atoms with Gasteiger partial charge in [-0.25, -0.2) is 0 Å². The molecule has 3 heteroatoms. The summed E-state index contributed by atoms with van der Waals surface area (Å²) >= 11 is 0. The Labute approximate surface area is 141 Å². The van der Waals surface area contributed by atoms with E-state index in [4.69, 9.17) is 9.84 Å². The predicted molar refractivity (Wildman–Crippen MR) is 94.0 cm³/mol. The van der Waals surface area contributed by atoms with E-state index in [1.807, 2.05) is 84.9 Å². The third kappa shape index (κ3) is 3.04. The Balaban J connectivity index is 2.20. The summed E-state index contributed by atoms with van der Waals surface area (Å²) in [6, 6.07) is 26.4. The summed E-state index contributed by atoms with van der Waals surface area (Å²) in [6.07, 6.45) is 0. The molecule has 122 valence electrons. The molecule has 3 rings (SSSR count). The van der Waals surface area contributed by atoms with Crippen LogP contribution in [0.4, 0.5) is 0 Å². The number of hydrogen-bond donors (Lipinski definition) is 2. The van der Waals surface area contributed by atoms with Crippen LogP contribution in [-0.4, -0.2) is 23.4 Å². The van der Waals surface area contributed by atoms with Gasteiger partial charge in [0, 0.05) is 5.56 Å². The predicted octanol–water partition coefficient (Wildman–Crippen LogP) is 3.34. The Hall–Kier alpha value is -2.62. The van der Waals surface area contributed by atoms with Crippen molar-refractivity contribution in [3.05, 3.63) is 102 Å². The van der Waals surface area contributed by atoms with Crippen LogP contribution in [0.25, 0.3) is 0 Å². The highest BCUT2D eigenvalue weighted by atomic mass is 16.5. The highest BCUT2D eigenvalue weighted by Gasteiger charge is 2.36. The Bertz CT molecular complexity index is 730. The molecule has 0 amide bonds. The molecule has 2 N–H and O–H groups in total. The van der Waals surface area contributed by atoms with E-state index in [2.05, 4.69) is 0 Å². The molecule has 0 unspecified atom stereocenters. The Morgan fingerprint density at radius 2 is 1.21 bits per heavy atom. The molecule has 0 aromatic heterocycles. The number of ether oxygens (including phenoxy) is 1. The van der Waals surface area contributed by atoms with Crippen LogP contribution in [-0.2, 0) is 5.60 Å². The highest BCUT2D eigenvalue weighted by Crippen LogP contribution is 2.40. The van der Waals surface area contributed by atoms with Crippen molar-refractivity contribution in [2.45, 2.75) is 5.60 Å². The van der Waals surface area contributed by atoms with E-state index in [1.165, 1.54) is 0 Å². The molecule has 3 nitrogen and oxygen atoms in total. The second-order valence-corrected chi connectivity index (χ2v) is 5.51. The number of aliphatic hydroxyl groups excluding tert-OH is 1. The molecule has 0 aliphatic carbocycles. The highest BCUT2D eigenvalue weighted by molar-refractivity contribution is 5.52. The average Bonchev–Trinajstić information content (AvgIpc) is 2.67. The zero-order chi connectivity index (χ0) is 16.8.